The van der Waals surface area contributed by atoms with Gasteiger partial charge in [-0.3, -0.25) is 4.79 Å². The largest absolute Gasteiger partial charge is 0.295 e. The number of Topliss-reactive ketones (excluding diaryl/α,β-unsaturated/α-hetero) is 1. The predicted octanol–water partition coefficient (Wildman–Crippen LogP) is 5.07. The lowest BCUT2D eigenvalue weighted by Crippen LogP contribution is -2.03. The van der Waals surface area contributed by atoms with Gasteiger partial charge >= 0.3 is 0 Å². The zero-order valence-electron chi connectivity index (χ0n) is 11.1. The van der Waals surface area contributed by atoms with Crippen molar-refractivity contribution >= 4 is 35.1 Å². The van der Waals surface area contributed by atoms with Gasteiger partial charge in [-0.15, -0.1) is 23.2 Å². The third kappa shape index (κ3) is 6.79. The van der Waals surface area contributed by atoms with Gasteiger partial charge in [0.05, 0.1) is 0 Å². The molecule has 19 heavy (non-hydrogen) atoms. The highest BCUT2D eigenvalue weighted by Gasteiger charge is 2.09. The predicted molar refractivity (Wildman–Crippen MR) is 84.0 cm³/mol. The van der Waals surface area contributed by atoms with E-state index in [1.807, 2.05) is 36.4 Å². The average Bonchev–Trinajstić information content (AvgIpc) is 2.44. The van der Waals surface area contributed by atoms with Crippen LogP contribution in [0, 0.1) is 0 Å². The summed E-state index contributed by atoms with van der Waals surface area (Å²) in [5.74, 6) is 1.42. The molecular weight excluding hydrogens is 279 g/mol. The van der Waals surface area contributed by atoms with Crippen molar-refractivity contribution < 1.29 is 4.79 Å². The molecule has 104 valence electrons. The minimum absolute atomic E-state index is 0.221. The highest BCUT2D eigenvalue weighted by molar-refractivity contribution is 6.18. The van der Waals surface area contributed by atoms with E-state index >= 15 is 0 Å². The van der Waals surface area contributed by atoms with Crippen LogP contribution >= 0.6 is 23.2 Å². The summed E-state index contributed by atoms with van der Waals surface area (Å²) in [4.78, 5) is 12.2. The van der Waals surface area contributed by atoms with E-state index in [9.17, 15) is 4.79 Å². The maximum atomic E-state index is 12.2. The standard InChI is InChI=1S/C16H20Cl2O/c17-11-5-4-10-16(19)15(9-6-12-18)13-14-7-2-1-3-8-14/h1-3,7-8,13H,4-6,9-12H2/b15-13-. The molecule has 0 unspecified atom stereocenters. The molecule has 0 N–H and O–H groups in total. The Morgan fingerprint density at radius 1 is 0.947 bits per heavy atom. The van der Waals surface area contributed by atoms with E-state index in [0.29, 0.717) is 18.2 Å². The number of halogens is 2. The Hall–Kier alpha value is -0.790. The van der Waals surface area contributed by atoms with Gasteiger partial charge in [-0.1, -0.05) is 30.3 Å². The van der Waals surface area contributed by atoms with Crippen LogP contribution in [0.25, 0.3) is 6.08 Å². The number of ketones is 1. The van der Waals surface area contributed by atoms with E-state index < -0.39 is 0 Å². The summed E-state index contributed by atoms with van der Waals surface area (Å²) in [7, 11) is 0. The van der Waals surface area contributed by atoms with E-state index in [4.69, 9.17) is 23.2 Å². The number of carbonyl (C=O) groups is 1. The summed E-state index contributed by atoms with van der Waals surface area (Å²) in [5.41, 5.74) is 1.94. The maximum absolute atomic E-state index is 12.2. The number of rotatable bonds is 9. The molecule has 0 aliphatic rings. The topological polar surface area (TPSA) is 17.1 Å². The van der Waals surface area contributed by atoms with Crippen LogP contribution in [0.15, 0.2) is 35.9 Å². The number of benzene rings is 1. The van der Waals surface area contributed by atoms with Crippen LogP contribution in [-0.2, 0) is 4.79 Å². The van der Waals surface area contributed by atoms with Crippen molar-refractivity contribution in [3.63, 3.8) is 0 Å². The van der Waals surface area contributed by atoms with Crippen molar-refractivity contribution in [1.29, 1.82) is 0 Å². The van der Waals surface area contributed by atoms with Crippen LogP contribution in [0.1, 0.15) is 37.7 Å². The fourth-order valence-electron chi connectivity index (χ4n) is 1.84. The van der Waals surface area contributed by atoms with E-state index in [-0.39, 0.29) is 5.78 Å². The summed E-state index contributed by atoms with van der Waals surface area (Å²) in [6, 6.07) is 9.93. The van der Waals surface area contributed by atoms with Gasteiger partial charge in [-0.2, -0.15) is 0 Å². The van der Waals surface area contributed by atoms with Gasteiger partial charge in [-0.25, -0.2) is 0 Å². The Kier molecular flexibility index (Phi) is 8.61. The molecule has 1 rings (SSSR count). The molecule has 1 aromatic rings. The summed E-state index contributed by atoms with van der Waals surface area (Å²) in [5, 5.41) is 0. The van der Waals surface area contributed by atoms with E-state index in [0.717, 1.165) is 36.8 Å². The molecule has 0 heterocycles. The molecule has 1 aromatic carbocycles. The molecule has 0 aliphatic heterocycles. The lowest BCUT2D eigenvalue weighted by Gasteiger charge is -2.06. The van der Waals surface area contributed by atoms with Crippen LogP contribution in [0.2, 0.25) is 0 Å². The van der Waals surface area contributed by atoms with E-state index in [1.165, 1.54) is 0 Å². The van der Waals surface area contributed by atoms with Crippen LogP contribution in [0.4, 0.5) is 0 Å². The first-order valence-electron chi connectivity index (χ1n) is 6.68. The number of hydrogen-bond acceptors (Lipinski definition) is 1. The summed E-state index contributed by atoms with van der Waals surface area (Å²) in [6.07, 6.45) is 5.89. The summed E-state index contributed by atoms with van der Waals surface area (Å²) < 4.78 is 0. The Morgan fingerprint density at radius 3 is 2.26 bits per heavy atom. The van der Waals surface area contributed by atoms with Crippen LogP contribution < -0.4 is 0 Å². The van der Waals surface area contributed by atoms with Crippen LogP contribution in [0.5, 0.6) is 0 Å². The Bertz CT molecular complexity index is 398. The molecule has 0 amide bonds. The molecular formula is C16H20Cl2O. The van der Waals surface area contributed by atoms with Crippen LogP contribution in [0.3, 0.4) is 0 Å². The molecule has 0 saturated heterocycles. The highest BCUT2D eigenvalue weighted by atomic mass is 35.5. The molecule has 0 aromatic heterocycles. The normalized spacial score (nSPS) is 11.6. The van der Waals surface area contributed by atoms with Crippen molar-refractivity contribution in [2.24, 2.45) is 0 Å². The Morgan fingerprint density at radius 2 is 1.63 bits per heavy atom. The van der Waals surface area contributed by atoms with E-state index in [2.05, 4.69) is 0 Å². The SMILES string of the molecule is O=C(CCCCCl)/C(=C\c1ccccc1)CCCCl. The number of allylic oxidation sites excluding steroid dienone is 1. The van der Waals surface area contributed by atoms with Crippen molar-refractivity contribution in [3.05, 3.63) is 41.5 Å². The third-order valence-electron chi connectivity index (χ3n) is 2.87. The smallest absolute Gasteiger partial charge is 0.158 e. The fraction of sp³-hybridized carbons (Fsp3) is 0.438. The minimum atomic E-state index is 0.221. The second-order valence-electron chi connectivity index (χ2n) is 4.44. The molecule has 0 saturated carbocycles. The number of unbranched alkanes of at least 4 members (excludes halogenated alkanes) is 1. The maximum Gasteiger partial charge on any atom is 0.158 e. The van der Waals surface area contributed by atoms with Gasteiger partial charge in [-0.05, 0) is 42.9 Å². The van der Waals surface area contributed by atoms with Crippen molar-refractivity contribution in [2.75, 3.05) is 11.8 Å². The number of hydrogen-bond donors (Lipinski definition) is 0. The molecule has 1 nitrogen and oxygen atoms in total. The third-order valence-corrected chi connectivity index (χ3v) is 3.40. The molecule has 0 spiro atoms. The van der Waals surface area contributed by atoms with Gasteiger partial charge in [0, 0.05) is 18.2 Å². The second-order valence-corrected chi connectivity index (χ2v) is 5.20. The lowest BCUT2D eigenvalue weighted by atomic mass is 9.99. The van der Waals surface area contributed by atoms with E-state index in [1.54, 1.807) is 0 Å². The molecule has 0 bridgehead atoms. The van der Waals surface area contributed by atoms with Gasteiger partial charge < -0.3 is 0 Å². The molecule has 3 heteroatoms. The first kappa shape index (κ1) is 16.3. The quantitative estimate of drug-likeness (QED) is 0.353. The first-order valence-corrected chi connectivity index (χ1v) is 7.75. The molecule has 0 aliphatic carbocycles. The monoisotopic (exact) mass is 298 g/mol. The van der Waals surface area contributed by atoms with Crippen molar-refractivity contribution in [3.8, 4) is 0 Å². The van der Waals surface area contributed by atoms with Crippen LogP contribution in [-0.4, -0.2) is 17.5 Å². The second kappa shape index (κ2) is 10.1. The Balaban J connectivity index is 2.70. The van der Waals surface area contributed by atoms with Gasteiger partial charge in [0.25, 0.3) is 0 Å². The number of carbonyl (C=O) groups excluding carboxylic acids is 1. The van der Waals surface area contributed by atoms with Crippen molar-refractivity contribution in [2.45, 2.75) is 32.1 Å². The minimum Gasteiger partial charge on any atom is -0.295 e. The molecule has 0 radical (unpaired) electrons. The highest BCUT2D eigenvalue weighted by Crippen LogP contribution is 2.16. The summed E-state index contributed by atoms with van der Waals surface area (Å²) in [6.45, 7) is 0. The zero-order valence-corrected chi connectivity index (χ0v) is 12.6. The van der Waals surface area contributed by atoms with Crippen molar-refractivity contribution in [1.82, 2.24) is 0 Å². The first-order chi connectivity index (χ1) is 9.27. The molecule has 0 fully saturated rings. The van der Waals surface area contributed by atoms with Gasteiger partial charge in [0.1, 0.15) is 0 Å². The van der Waals surface area contributed by atoms with Gasteiger partial charge in [0.15, 0.2) is 5.78 Å². The fourth-order valence-corrected chi connectivity index (χ4v) is 2.16. The average molecular weight is 299 g/mol. The zero-order chi connectivity index (χ0) is 13.9. The molecule has 0 atom stereocenters. The summed E-state index contributed by atoms with van der Waals surface area (Å²) >= 11 is 11.4. The number of alkyl halides is 2. The Labute approximate surface area is 125 Å². The van der Waals surface area contributed by atoms with Gasteiger partial charge in [0.2, 0.25) is 0 Å². The lowest BCUT2D eigenvalue weighted by molar-refractivity contribution is -0.115.